The lowest BCUT2D eigenvalue weighted by atomic mass is 10.1. The number of para-hydroxylation sites is 1. The Morgan fingerprint density at radius 3 is 2.57 bits per heavy atom. The Balaban J connectivity index is 1.68. The van der Waals surface area contributed by atoms with Crippen molar-refractivity contribution in [2.24, 2.45) is 0 Å². The summed E-state index contributed by atoms with van der Waals surface area (Å²) >= 11 is 0. The zero-order chi connectivity index (χ0) is 16.7. The Bertz CT molecular complexity index is 455. The zero-order valence-electron chi connectivity index (χ0n) is 14.6. The fourth-order valence-corrected chi connectivity index (χ4v) is 2.85. The molecule has 2 rings (SSSR count). The molecule has 0 saturated carbocycles. The lowest BCUT2D eigenvalue weighted by Crippen LogP contribution is -2.42. The first kappa shape index (κ1) is 18.2. The van der Waals surface area contributed by atoms with Gasteiger partial charge in [0.25, 0.3) is 0 Å². The van der Waals surface area contributed by atoms with Crippen molar-refractivity contribution in [1.29, 1.82) is 0 Å². The first-order valence-electron chi connectivity index (χ1n) is 8.42. The van der Waals surface area contributed by atoms with E-state index in [1.54, 1.807) is 0 Å². The smallest absolute Gasteiger partial charge is 0.125 e. The summed E-state index contributed by atoms with van der Waals surface area (Å²) < 4.78 is 11.2. The maximum atomic E-state index is 10.2. The molecule has 23 heavy (non-hydrogen) atoms. The van der Waals surface area contributed by atoms with E-state index in [0.29, 0.717) is 13.2 Å². The van der Waals surface area contributed by atoms with Crippen molar-refractivity contribution >= 4 is 0 Å². The summed E-state index contributed by atoms with van der Waals surface area (Å²) in [6.07, 6.45) is -0.483. The van der Waals surface area contributed by atoms with Gasteiger partial charge in [0.05, 0.1) is 13.2 Å². The standard InChI is InChI=1S/C18H30N2O3/c1-15-5-4-6-16(2)18(15)23-14-17(21)13-19(3)7-8-20-9-11-22-12-10-20/h4-6,17,21H,7-14H2,1-3H3. The van der Waals surface area contributed by atoms with Crippen LogP contribution in [0.25, 0.3) is 0 Å². The Labute approximate surface area is 139 Å². The number of aliphatic hydroxyl groups excluding tert-OH is 1. The molecule has 0 bridgehead atoms. The summed E-state index contributed by atoms with van der Waals surface area (Å²) in [6.45, 7) is 10.6. The average Bonchev–Trinajstić information content (AvgIpc) is 2.53. The van der Waals surface area contributed by atoms with E-state index in [1.807, 2.05) is 39.1 Å². The van der Waals surface area contributed by atoms with Crippen LogP contribution in [0.15, 0.2) is 18.2 Å². The molecule has 0 aromatic heterocycles. The average molecular weight is 322 g/mol. The van der Waals surface area contributed by atoms with Crippen LogP contribution in [0, 0.1) is 13.8 Å². The fraction of sp³-hybridized carbons (Fsp3) is 0.667. The molecule has 0 aliphatic carbocycles. The van der Waals surface area contributed by atoms with Crippen molar-refractivity contribution < 1.29 is 14.6 Å². The normalized spacial score (nSPS) is 17.4. The lowest BCUT2D eigenvalue weighted by molar-refractivity contribution is 0.0296. The second-order valence-electron chi connectivity index (χ2n) is 6.40. The summed E-state index contributed by atoms with van der Waals surface area (Å²) in [4.78, 5) is 4.56. The van der Waals surface area contributed by atoms with Gasteiger partial charge in [0.1, 0.15) is 18.5 Å². The number of rotatable bonds is 8. The highest BCUT2D eigenvalue weighted by molar-refractivity contribution is 5.39. The van der Waals surface area contributed by atoms with E-state index >= 15 is 0 Å². The molecule has 130 valence electrons. The Hall–Kier alpha value is -1.14. The highest BCUT2D eigenvalue weighted by Gasteiger charge is 2.14. The summed E-state index contributed by atoms with van der Waals surface area (Å²) in [7, 11) is 2.04. The van der Waals surface area contributed by atoms with Gasteiger partial charge in [-0.05, 0) is 32.0 Å². The molecule has 1 fully saturated rings. The van der Waals surface area contributed by atoms with Crippen LogP contribution < -0.4 is 4.74 Å². The predicted molar refractivity (Wildman–Crippen MR) is 92.2 cm³/mol. The number of aliphatic hydroxyl groups is 1. The van der Waals surface area contributed by atoms with Crippen LogP contribution >= 0.6 is 0 Å². The predicted octanol–water partition coefficient (Wildman–Crippen LogP) is 1.31. The van der Waals surface area contributed by atoms with Gasteiger partial charge in [-0.15, -0.1) is 0 Å². The van der Waals surface area contributed by atoms with Crippen molar-refractivity contribution in [2.45, 2.75) is 20.0 Å². The number of likely N-dealkylation sites (N-methyl/N-ethyl adjacent to an activating group) is 1. The van der Waals surface area contributed by atoms with Gasteiger partial charge < -0.3 is 19.5 Å². The van der Waals surface area contributed by atoms with Crippen molar-refractivity contribution in [3.8, 4) is 5.75 Å². The molecule has 1 N–H and O–H groups in total. The topological polar surface area (TPSA) is 45.2 Å². The first-order valence-corrected chi connectivity index (χ1v) is 8.42. The zero-order valence-corrected chi connectivity index (χ0v) is 14.6. The minimum absolute atomic E-state index is 0.327. The Morgan fingerprint density at radius 2 is 1.91 bits per heavy atom. The second-order valence-corrected chi connectivity index (χ2v) is 6.40. The molecule has 5 heteroatoms. The number of morpholine rings is 1. The molecule has 1 unspecified atom stereocenters. The molecule has 1 atom stereocenters. The van der Waals surface area contributed by atoms with Crippen LogP contribution in [0.2, 0.25) is 0 Å². The van der Waals surface area contributed by atoms with E-state index < -0.39 is 6.10 Å². The third-order valence-corrected chi connectivity index (χ3v) is 4.25. The quantitative estimate of drug-likeness (QED) is 0.782. The van der Waals surface area contributed by atoms with E-state index in [1.165, 1.54) is 0 Å². The molecule has 0 amide bonds. The van der Waals surface area contributed by atoms with E-state index in [0.717, 1.165) is 56.3 Å². The highest BCUT2D eigenvalue weighted by atomic mass is 16.5. The lowest BCUT2D eigenvalue weighted by Gasteiger charge is -2.29. The van der Waals surface area contributed by atoms with Crippen LogP contribution in [0.5, 0.6) is 5.75 Å². The monoisotopic (exact) mass is 322 g/mol. The van der Waals surface area contributed by atoms with Crippen molar-refractivity contribution in [3.05, 3.63) is 29.3 Å². The van der Waals surface area contributed by atoms with Crippen molar-refractivity contribution in [3.63, 3.8) is 0 Å². The van der Waals surface area contributed by atoms with Gasteiger partial charge >= 0.3 is 0 Å². The molecule has 0 radical (unpaired) electrons. The summed E-state index contributed by atoms with van der Waals surface area (Å²) in [5.74, 6) is 0.891. The summed E-state index contributed by atoms with van der Waals surface area (Å²) in [6, 6.07) is 6.08. The number of hydrogen-bond donors (Lipinski definition) is 1. The molecule has 1 aliphatic rings. The number of aryl methyl sites for hydroxylation is 2. The van der Waals surface area contributed by atoms with Crippen molar-refractivity contribution in [1.82, 2.24) is 9.80 Å². The number of ether oxygens (including phenoxy) is 2. The van der Waals surface area contributed by atoms with E-state index in [9.17, 15) is 5.11 Å². The van der Waals surface area contributed by atoms with Crippen LogP contribution in [-0.4, -0.2) is 80.6 Å². The van der Waals surface area contributed by atoms with Crippen molar-refractivity contribution in [2.75, 3.05) is 59.6 Å². The summed E-state index contributed by atoms with van der Waals surface area (Å²) in [5.41, 5.74) is 2.22. The van der Waals surface area contributed by atoms with Crippen LogP contribution in [0.1, 0.15) is 11.1 Å². The SMILES string of the molecule is Cc1cccc(C)c1OCC(O)CN(C)CCN1CCOCC1. The van der Waals surface area contributed by atoms with Gasteiger partial charge in [0.2, 0.25) is 0 Å². The second kappa shape index (κ2) is 9.23. The maximum absolute atomic E-state index is 10.2. The molecule has 1 aliphatic heterocycles. The minimum atomic E-state index is -0.483. The number of nitrogens with zero attached hydrogens (tertiary/aromatic N) is 2. The van der Waals surface area contributed by atoms with E-state index in [-0.39, 0.29) is 0 Å². The fourth-order valence-electron chi connectivity index (χ4n) is 2.85. The molecular formula is C18H30N2O3. The van der Waals surface area contributed by atoms with Gasteiger partial charge in [0.15, 0.2) is 0 Å². The van der Waals surface area contributed by atoms with Crippen LogP contribution in [0.3, 0.4) is 0 Å². The third-order valence-electron chi connectivity index (χ3n) is 4.25. The van der Waals surface area contributed by atoms with Gasteiger partial charge in [-0.2, -0.15) is 0 Å². The van der Waals surface area contributed by atoms with Crippen LogP contribution in [-0.2, 0) is 4.74 Å². The molecule has 1 aromatic carbocycles. The van der Waals surface area contributed by atoms with E-state index in [2.05, 4.69) is 9.80 Å². The molecule has 5 nitrogen and oxygen atoms in total. The number of hydrogen-bond acceptors (Lipinski definition) is 5. The van der Waals surface area contributed by atoms with Crippen LogP contribution in [0.4, 0.5) is 0 Å². The minimum Gasteiger partial charge on any atom is -0.490 e. The molecule has 0 spiro atoms. The molecule has 1 aromatic rings. The largest absolute Gasteiger partial charge is 0.490 e. The van der Waals surface area contributed by atoms with E-state index in [4.69, 9.17) is 9.47 Å². The van der Waals surface area contributed by atoms with Gasteiger partial charge in [-0.3, -0.25) is 4.90 Å². The third kappa shape index (κ3) is 6.11. The molecule has 1 heterocycles. The number of benzene rings is 1. The Kier molecular flexibility index (Phi) is 7.30. The summed E-state index contributed by atoms with van der Waals surface area (Å²) in [5, 5.41) is 10.2. The highest BCUT2D eigenvalue weighted by Crippen LogP contribution is 2.22. The maximum Gasteiger partial charge on any atom is 0.125 e. The first-order chi connectivity index (χ1) is 11.1. The van der Waals surface area contributed by atoms with Gasteiger partial charge in [-0.1, -0.05) is 18.2 Å². The Morgan fingerprint density at radius 1 is 1.26 bits per heavy atom. The molecular weight excluding hydrogens is 292 g/mol. The van der Waals surface area contributed by atoms with Gasteiger partial charge in [0, 0.05) is 32.7 Å². The molecule has 1 saturated heterocycles. The van der Waals surface area contributed by atoms with Gasteiger partial charge in [-0.25, -0.2) is 0 Å².